The van der Waals surface area contributed by atoms with Crippen LogP contribution in [0.4, 0.5) is 10.5 Å². The van der Waals surface area contributed by atoms with Gasteiger partial charge in [0.25, 0.3) is 0 Å². The predicted octanol–water partition coefficient (Wildman–Crippen LogP) is 2.80. The monoisotopic (exact) mass is 306 g/mol. The van der Waals surface area contributed by atoms with Gasteiger partial charge in [0.2, 0.25) is 0 Å². The SMILES string of the molecule is CCCOc1cccc(NC(=O)N2CCC(C)(C(=O)O)C2)c1. The molecule has 0 bridgehead atoms. The molecule has 2 rings (SSSR count). The number of carbonyl (C=O) groups is 2. The molecule has 22 heavy (non-hydrogen) atoms. The van der Waals surface area contributed by atoms with Gasteiger partial charge in [-0.05, 0) is 31.9 Å². The topological polar surface area (TPSA) is 78.9 Å². The van der Waals surface area contributed by atoms with Crippen LogP contribution in [0.1, 0.15) is 26.7 Å². The van der Waals surface area contributed by atoms with Gasteiger partial charge in [-0.3, -0.25) is 4.79 Å². The Kier molecular flexibility index (Phi) is 4.90. The largest absolute Gasteiger partial charge is 0.494 e. The van der Waals surface area contributed by atoms with Crippen LogP contribution in [0.5, 0.6) is 5.75 Å². The average molecular weight is 306 g/mol. The second kappa shape index (κ2) is 6.68. The normalized spacial score (nSPS) is 20.7. The number of carboxylic acids is 1. The molecule has 1 saturated heterocycles. The molecule has 0 aliphatic carbocycles. The number of carboxylic acid groups (broad SMARTS) is 1. The van der Waals surface area contributed by atoms with Gasteiger partial charge >= 0.3 is 12.0 Å². The van der Waals surface area contributed by atoms with E-state index in [1.165, 1.54) is 4.90 Å². The summed E-state index contributed by atoms with van der Waals surface area (Å²) in [5, 5.41) is 12.0. The van der Waals surface area contributed by atoms with E-state index in [1.807, 2.05) is 19.1 Å². The number of carbonyl (C=O) groups excluding carboxylic acids is 1. The maximum absolute atomic E-state index is 12.2. The van der Waals surface area contributed by atoms with Crippen LogP contribution in [0.2, 0.25) is 0 Å². The lowest BCUT2D eigenvalue weighted by Crippen LogP contribution is -2.37. The number of hydrogen-bond acceptors (Lipinski definition) is 3. The molecular weight excluding hydrogens is 284 g/mol. The van der Waals surface area contributed by atoms with Crippen molar-refractivity contribution in [2.75, 3.05) is 25.0 Å². The summed E-state index contributed by atoms with van der Waals surface area (Å²) in [5.74, 6) is -0.158. The van der Waals surface area contributed by atoms with E-state index in [4.69, 9.17) is 4.74 Å². The Morgan fingerprint density at radius 2 is 2.23 bits per heavy atom. The van der Waals surface area contributed by atoms with Gasteiger partial charge in [0.1, 0.15) is 5.75 Å². The molecule has 0 saturated carbocycles. The first-order valence-electron chi connectivity index (χ1n) is 7.47. The van der Waals surface area contributed by atoms with E-state index in [2.05, 4.69) is 5.32 Å². The van der Waals surface area contributed by atoms with Crippen LogP contribution < -0.4 is 10.1 Å². The number of hydrogen-bond donors (Lipinski definition) is 2. The number of nitrogens with one attached hydrogen (secondary N) is 1. The first-order chi connectivity index (χ1) is 10.4. The van der Waals surface area contributed by atoms with Crippen LogP contribution in [0.3, 0.4) is 0 Å². The van der Waals surface area contributed by atoms with E-state index in [0.29, 0.717) is 31.0 Å². The third-order valence-corrected chi connectivity index (χ3v) is 3.84. The first-order valence-corrected chi connectivity index (χ1v) is 7.47. The summed E-state index contributed by atoms with van der Waals surface area (Å²) in [4.78, 5) is 25.0. The Labute approximate surface area is 130 Å². The second-order valence-corrected chi connectivity index (χ2v) is 5.84. The zero-order valence-electron chi connectivity index (χ0n) is 13.0. The Hall–Kier alpha value is -2.24. The zero-order chi connectivity index (χ0) is 16.2. The summed E-state index contributed by atoms with van der Waals surface area (Å²) in [5.41, 5.74) is -0.216. The minimum absolute atomic E-state index is 0.222. The summed E-state index contributed by atoms with van der Waals surface area (Å²) in [6.45, 7) is 4.99. The molecule has 2 N–H and O–H groups in total. The Morgan fingerprint density at radius 1 is 1.45 bits per heavy atom. The molecule has 1 aliphatic heterocycles. The van der Waals surface area contributed by atoms with Crippen LogP contribution in [0, 0.1) is 5.41 Å². The van der Waals surface area contributed by atoms with Gasteiger partial charge in [0, 0.05) is 24.8 Å². The van der Waals surface area contributed by atoms with E-state index < -0.39 is 11.4 Å². The van der Waals surface area contributed by atoms with E-state index in [-0.39, 0.29) is 12.6 Å². The molecule has 1 fully saturated rings. The maximum atomic E-state index is 12.2. The Morgan fingerprint density at radius 3 is 2.86 bits per heavy atom. The lowest BCUT2D eigenvalue weighted by molar-refractivity contribution is -0.146. The Bertz CT molecular complexity index is 561. The quantitative estimate of drug-likeness (QED) is 0.876. The van der Waals surface area contributed by atoms with Crippen molar-refractivity contribution in [2.24, 2.45) is 5.41 Å². The van der Waals surface area contributed by atoms with Gasteiger partial charge in [-0.15, -0.1) is 0 Å². The van der Waals surface area contributed by atoms with E-state index in [9.17, 15) is 14.7 Å². The van der Waals surface area contributed by atoms with E-state index in [1.54, 1.807) is 19.1 Å². The van der Waals surface area contributed by atoms with Crippen LogP contribution in [-0.4, -0.2) is 41.7 Å². The standard InChI is InChI=1S/C16H22N2O4/c1-3-9-22-13-6-4-5-12(10-13)17-15(21)18-8-7-16(2,11-18)14(19)20/h4-6,10H,3,7-9,11H2,1-2H3,(H,17,21)(H,19,20). The molecule has 120 valence electrons. The molecule has 6 nitrogen and oxygen atoms in total. The first kappa shape index (κ1) is 16.1. The number of rotatable bonds is 5. The number of benzene rings is 1. The minimum Gasteiger partial charge on any atom is -0.494 e. The molecule has 1 aromatic rings. The van der Waals surface area contributed by atoms with Gasteiger partial charge in [0.15, 0.2) is 0 Å². The molecule has 1 aromatic carbocycles. The number of likely N-dealkylation sites (tertiary alicyclic amines) is 1. The third-order valence-electron chi connectivity index (χ3n) is 3.84. The van der Waals surface area contributed by atoms with Crippen molar-refractivity contribution in [3.63, 3.8) is 0 Å². The number of aliphatic carboxylic acids is 1. The molecule has 1 atom stereocenters. The lowest BCUT2D eigenvalue weighted by Gasteiger charge is -2.20. The summed E-state index contributed by atoms with van der Waals surface area (Å²) in [6.07, 6.45) is 1.38. The molecule has 0 radical (unpaired) electrons. The summed E-state index contributed by atoms with van der Waals surface area (Å²) in [6, 6.07) is 6.91. The smallest absolute Gasteiger partial charge is 0.321 e. The average Bonchev–Trinajstić information content (AvgIpc) is 2.90. The fourth-order valence-corrected chi connectivity index (χ4v) is 2.40. The van der Waals surface area contributed by atoms with Gasteiger partial charge in [-0.25, -0.2) is 4.79 Å². The highest BCUT2D eigenvalue weighted by molar-refractivity contribution is 5.90. The van der Waals surface area contributed by atoms with Crippen molar-refractivity contribution >= 4 is 17.7 Å². The molecular formula is C16H22N2O4. The van der Waals surface area contributed by atoms with Gasteiger partial charge < -0.3 is 20.1 Å². The number of urea groups is 1. The van der Waals surface area contributed by atoms with E-state index in [0.717, 1.165) is 6.42 Å². The molecule has 6 heteroatoms. The van der Waals surface area contributed by atoms with E-state index >= 15 is 0 Å². The lowest BCUT2D eigenvalue weighted by atomic mass is 9.90. The summed E-state index contributed by atoms with van der Waals surface area (Å²) >= 11 is 0. The fraction of sp³-hybridized carbons (Fsp3) is 0.500. The number of ether oxygens (including phenoxy) is 1. The number of nitrogens with zero attached hydrogens (tertiary/aromatic N) is 1. The molecule has 0 spiro atoms. The fourth-order valence-electron chi connectivity index (χ4n) is 2.40. The van der Waals surface area contributed by atoms with Gasteiger partial charge in [-0.2, -0.15) is 0 Å². The van der Waals surface area contributed by atoms with Crippen molar-refractivity contribution in [3.8, 4) is 5.75 Å². The highest BCUT2D eigenvalue weighted by Gasteiger charge is 2.42. The number of amides is 2. The summed E-state index contributed by atoms with van der Waals surface area (Å²) < 4.78 is 5.52. The van der Waals surface area contributed by atoms with Crippen molar-refractivity contribution in [1.29, 1.82) is 0 Å². The molecule has 1 aliphatic rings. The third kappa shape index (κ3) is 3.69. The second-order valence-electron chi connectivity index (χ2n) is 5.84. The highest BCUT2D eigenvalue weighted by Crippen LogP contribution is 2.30. The van der Waals surface area contributed by atoms with Gasteiger partial charge in [-0.1, -0.05) is 13.0 Å². The molecule has 2 amide bonds. The number of anilines is 1. The summed E-state index contributed by atoms with van der Waals surface area (Å²) in [7, 11) is 0. The predicted molar refractivity (Wildman–Crippen MR) is 83.2 cm³/mol. The molecule has 1 unspecified atom stereocenters. The van der Waals surface area contributed by atoms with Crippen LogP contribution in [0.25, 0.3) is 0 Å². The van der Waals surface area contributed by atoms with Crippen molar-refractivity contribution in [2.45, 2.75) is 26.7 Å². The van der Waals surface area contributed by atoms with Crippen molar-refractivity contribution in [1.82, 2.24) is 4.90 Å². The van der Waals surface area contributed by atoms with Crippen LogP contribution >= 0.6 is 0 Å². The maximum Gasteiger partial charge on any atom is 0.321 e. The van der Waals surface area contributed by atoms with Gasteiger partial charge in [0.05, 0.1) is 12.0 Å². The highest BCUT2D eigenvalue weighted by atomic mass is 16.5. The Balaban J connectivity index is 1.96. The van der Waals surface area contributed by atoms with Crippen molar-refractivity contribution < 1.29 is 19.4 Å². The molecule has 1 heterocycles. The minimum atomic E-state index is -0.863. The van der Waals surface area contributed by atoms with Crippen molar-refractivity contribution in [3.05, 3.63) is 24.3 Å². The molecule has 0 aromatic heterocycles. The van der Waals surface area contributed by atoms with Crippen LogP contribution in [0.15, 0.2) is 24.3 Å². The zero-order valence-corrected chi connectivity index (χ0v) is 13.0. The van der Waals surface area contributed by atoms with Crippen LogP contribution in [-0.2, 0) is 4.79 Å².